The largest absolute Gasteiger partial charge is 0.353 e. The molecule has 0 aromatic heterocycles. The van der Waals surface area contributed by atoms with Crippen LogP contribution in [-0.4, -0.2) is 33.0 Å². The second kappa shape index (κ2) is 7.61. The Kier molecular flexibility index (Phi) is 6.02. The molecule has 0 bridgehead atoms. The molecule has 23 heavy (non-hydrogen) atoms. The van der Waals surface area contributed by atoms with E-state index in [0.29, 0.717) is 17.9 Å². The van der Waals surface area contributed by atoms with Gasteiger partial charge in [-0.3, -0.25) is 4.79 Å². The van der Waals surface area contributed by atoms with Gasteiger partial charge >= 0.3 is 0 Å². The third kappa shape index (κ3) is 4.91. The molecule has 0 heterocycles. The van der Waals surface area contributed by atoms with Crippen LogP contribution in [0.4, 0.5) is 0 Å². The molecule has 128 valence electrons. The zero-order valence-electron chi connectivity index (χ0n) is 12.8. The van der Waals surface area contributed by atoms with Crippen molar-refractivity contribution >= 4 is 27.5 Å². The van der Waals surface area contributed by atoms with Gasteiger partial charge < -0.3 is 11.1 Å². The number of benzene rings is 1. The van der Waals surface area contributed by atoms with Gasteiger partial charge in [0, 0.05) is 18.1 Å². The lowest BCUT2D eigenvalue weighted by Crippen LogP contribution is -2.55. The van der Waals surface area contributed by atoms with Gasteiger partial charge in [-0.15, -0.1) is 0 Å². The van der Waals surface area contributed by atoms with Gasteiger partial charge in [-0.05, 0) is 31.0 Å². The Labute approximate surface area is 141 Å². The molecule has 0 radical (unpaired) electrons. The second-order valence-electron chi connectivity index (χ2n) is 5.83. The average molecular weight is 360 g/mol. The van der Waals surface area contributed by atoms with Gasteiger partial charge in [0.25, 0.3) is 0 Å². The molecular formula is C15H22ClN3O3S. The Morgan fingerprint density at radius 2 is 1.91 bits per heavy atom. The Morgan fingerprint density at radius 1 is 1.22 bits per heavy atom. The fraction of sp³-hybridized carbons (Fsp3) is 0.533. The third-order valence-electron chi connectivity index (χ3n) is 4.01. The summed E-state index contributed by atoms with van der Waals surface area (Å²) in [5, 5.41) is 3.06. The molecule has 1 aliphatic rings. The smallest absolute Gasteiger partial charge is 0.240 e. The van der Waals surface area contributed by atoms with E-state index in [1.165, 1.54) is 12.1 Å². The predicted octanol–water partition coefficient (Wildman–Crippen LogP) is 1.40. The number of nitrogens with one attached hydrogen (secondary N) is 2. The molecule has 1 aromatic carbocycles. The van der Waals surface area contributed by atoms with Crippen LogP contribution in [0, 0.1) is 0 Å². The normalized spacial score (nSPS) is 17.7. The number of hydrogen-bond donors (Lipinski definition) is 3. The van der Waals surface area contributed by atoms with Crippen molar-refractivity contribution in [3.8, 4) is 0 Å². The maximum absolute atomic E-state index is 12.1. The van der Waals surface area contributed by atoms with E-state index in [0.717, 1.165) is 19.3 Å². The zero-order chi connectivity index (χ0) is 16.9. The summed E-state index contributed by atoms with van der Waals surface area (Å²) in [5.41, 5.74) is 5.30. The first-order chi connectivity index (χ1) is 10.8. The monoisotopic (exact) mass is 359 g/mol. The molecule has 0 aliphatic heterocycles. The van der Waals surface area contributed by atoms with Crippen LogP contribution in [0.1, 0.15) is 32.1 Å². The summed E-state index contributed by atoms with van der Waals surface area (Å²) in [5.74, 6) is -0.209. The Morgan fingerprint density at radius 3 is 2.57 bits per heavy atom. The first-order valence-corrected chi connectivity index (χ1v) is 9.52. The summed E-state index contributed by atoms with van der Waals surface area (Å²) in [6.07, 6.45) is 4.35. The van der Waals surface area contributed by atoms with Crippen LogP contribution in [0.15, 0.2) is 29.2 Å². The molecule has 2 rings (SSSR count). The van der Waals surface area contributed by atoms with Gasteiger partial charge in [0.15, 0.2) is 0 Å². The molecule has 0 saturated heterocycles. The van der Waals surface area contributed by atoms with Crippen molar-refractivity contribution in [3.63, 3.8) is 0 Å². The molecule has 1 amide bonds. The molecule has 0 spiro atoms. The van der Waals surface area contributed by atoms with Crippen LogP contribution >= 0.6 is 11.6 Å². The van der Waals surface area contributed by atoms with Gasteiger partial charge in [-0.2, -0.15) is 0 Å². The highest BCUT2D eigenvalue weighted by atomic mass is 35.5. The molecule has 4 N–H and O–H groups in total. The molecule has 0 atom stereocenters. The molecule has 1 fully saturated rings. The number of rotatable bonds is 6. The first kappa shape index (κ1) is 18.2. The highest BCUT2D eigenvalue weighted by Gasteiger charge is 2.34. The van der Waals surface area contributed by atoms with Crippen molar-refractivity contribution in [2.24, 2.45) is 5.73 Å². The van der Waals surface area contributed by atoms with Gasteiger partial charge in [-0.25, -0.2) is 13.1 Å². The van der Waals surface area contributed by atoms with Gasteiger partial charge in [0.2, 0.25) is 15.9 Å². The van der Waals surface area contributed by atoms with E-state index in [2.05, 4.69) is 10.0 Å². The van der Waals surface area contributed by atoms with Crippen molar-refractivity contribution < 1.29 is 13.2 Å². The Balaban J connectivity index is 1.82. The lowest BCUT2D eigenvalue weighted by atomic mass is 9.82. The van der Waals surface area contributed by atoms with E-state index in [1.807, 2.05) is 0 Å². The van der Waals surface area contributed by atoms with Crippen LogP contribution in [-0.2, 0) is 14.8 Å². The molecule has 1 aromatic rings. The topological polar surface area (TPSA) is 101 Å². The zero-order valence-corrected chi connectivity index (χ0v) is 14.4. The van der Waals surface area contributed by atoms with E-state index in [1.54, 1.807) is 12.1 Å². The van der Waals surface area contributed by atoms with Crippen molar-refractivity contribution in [2.45, 2.75) is 42.5 Å². The standard InChI is InChI=1S/C15H22ClN3O3S/c16-12-5-4-6-13(11-12)23(21,22)19-10-9-18-14(20)15(17)7-2-1-3-8-15/h4-6,11,19H,1-3,7-10,17H2,(H,18,20). The van der Waals surface area contributed by atoms with Gasteiger partial charge in [-0.1, -0.05) is 36.9 Å². The summed E-state index contributed by atoms with van der Waals surface area (Å²) >= 11 is 5.79. The number of nitrogens with two attached hydrogens (primary N) is 1. The number of carbonyl (C=O) groups excluding carboxylic acids is 1. The SMILES string of the molecule is NC1(C(=O)NCCNS(=O)(=O)c2cccc(Cl)c2)CCCCC1. The number of amides is 1. The number of halogens is 1. The predicted molar refractivity (Wildman–Crippen MR) is 89.7 cm³/mol. The van der Waals surface area contributed by atoms with E-state index < -0.39 is 15.6 Å². The fourth-order valence-electron chi connectivity index (χ4n) is 2.66. The van der Waals surface area contributed by atoms with Crippen LogP contribution < -0.4 is 15.8 Å². The quantitative estimate of drug-likeness (QED) is 0.668. The molecular weight excluding hydrogens is 338 g/mol. The van der Waals surface area contributed by atoms with Crippen LogP contribution in [0.5, 0.6) is 0 Å². The van der Waals surface area contributed by atoms with Crippen molar-refractivity contribution in [1.29, 1.82) is 0 Å². The molecule has 8 heteroatoms. The number of sulfonamides is 1. The molecule has 1 saturated carbocycles. The summed E-state index contributed by atoms with van der Waals surface area (Å²) < 4.78 is 26.6. The van der Waals surface area contributed by atoms with Crippen molar-refractivity contribution in [2.75, 3.05) is 13.1 Å². The summed E-state index contributed by atoms with van der Waals surface area (Å²) in [6, 6.07) is 6.01. The van der Waals surface area contributed by atoms with Gasteiger partial charge in [0.1, 0.15) is 0 Å². The summed E-state index contributed by atoms with van der Waals surface area (Å²) in [7, 11) is -3.64. The highest BCUT2D eigenvalue weighted by molar-refractivity contribution is 7.89. The maximum Gasteiger partial charge on any atom is 0.240 e. The van der Waals surface area contributed by atoms with E-state index in [4.69, 9.17) is 17.3 Å². The Bertz CT molecular complexity index is 658. The Hall–Kier alpha value is -1.15. The molecule has 0 unspecified atom stereocenters. The second-order valence-corrected chi connectivity index (χ2v) is 8.03. The molecule has 1 aliphatic carbocycles. The lowest BCUT2D eigenvalue weighted by Gasteiger charge is -2.31. The minimum atomic E-state index is -3.64. The van der Waals surface area contributed by atoms with Gasteiger partial charge in [0.05, 0.1) is 10.4 Å². The number of hydrogen-bond acceptors (Lipinski definition) is 4. The molecule has 6 nitrogen and oxygen atoms in total. The van der Waals surface area contributed by atoms with E-state index in [-0.39, 0.29) is 23.9 Å². The minimum absolute atomic E-state index is 0.0939. The third-order valence-corrected chi connectivity index (χ3v) is 5.70. The van der Waals surface area contributed by atoms with E-state index in [9.17, 15) is 13.2 Å². The highest BCUT2D eigenvalue weighted by Crippen LogP contribution is 2.25. The lowest BCUT2D eigenvalue weighted by molar-refractivity contribution is -0.127. The average Bonchev–Trinajstić information content (AvgIpc) is 2.52. The number of carbonyl (C=O) groups is 1. The minimum Gasteiger partial charge on any atom is -0.353 e. The van der Waals surface area contributed by atoms with Crippen LogP contribution in [0.25, 0.3) is 0 Å². The maximum atomic E-state index is 12.1. The summed E-state index contributed by atoms with van der Waals surface area (Å²) in [4.78, 5) is 12.2. The van der Waals surface area contributed by atoms with Crippen molar-refractivity contribution in [3.05, 3.63) is 29.3 Å². The first-order valence-electron chi connectivity index (χ1n) is 7.66. The van der Waals surface area contributed by atoms with Crippen LogP contribution in [0.2, 0.25) is 5.02 Å². The summed E-state index contributed by atoms with van der Waals surface area (Å²) in [6.45, 7) is 0.286. The van der Waals surface area contributed by atoms with Crippen LogP contribution in [0.3, 0.4) is 0 Å². The fourth-order valence-corrected chi connectivity index (χ4v) is 4.00. The van der Waals surface area contributed by atoms with Crippen molar-refractivity contribution in [1.82, 2.24) is 10.0 Å². The van der Waals surface area contributed by atoms with E-state index >= 15 is 0 Å².